The molecule has 0 aromatic heterocycles. The third-order valence-corrected chi connectivity index (χ3v) is 1.66. The van der Waals surface area contributed by atoms with E-state index in [9.17, 15) is 4.39 Å². The number of benzene rings is 1. The smallest absolute Gasteiger partial charge is 0.107 e. The van der Waals surface area contributed by atoms with E-state index in [0.717, 1.165) is 0 Å². The second-order valence-corrected chi connectivity index (χ2v) is 2.78. The Morgan fingerprint density at radius 2 is 2.25 bits per heavy atom. The second kappa shape index (κ2) is 4.16. The fraction of sp³-hybridized carbons (Fsp3) is 0.250. The van der Waals surface area contributed by atoms with Crippen molar-refractivity contribution in [3.05, 3.63) is 23.2 Å². The zero-order valence-electron chi connectivity index (χ0n) is 6.48. The van der Waals surface area contributed by atoms with Crippen LogP contribution in [0.4, 0.5) is 15.8 Å². The molecule has 66 valence electrons. The maximum atomic E-state index is 11.8. The molecule has 0 bridgehead atoms. The average molecular weight is 189 g/mol. The van der Waals surface area contributed by atoms with E-state index in [1.807, 2.05) is 0 Å². The summed E-state index contributed by atoms with van der Waals surface area (Å²) >= 11 is 5.71. The Morgan fingerprint density at radius 1 is 1.50 bits per heavy atom. The highest BCUT2D eigenvalue weighted by molar-refractivity contribution is 6.31. The van der Waals surface area contributed by atoms with Crippen molar-refractivity contribution in [1.82, 2.24) is 0 Å². The molecule has 4 heteroatoms. The molecule has 0 radical (unpaired) electrons. The van der Waals surface area contributed by atoms with Crippen molar-refractivity contribution in [1.29, 1.82) is 0 Å². The van der Waals surface area contributed by atoms with Gasteiger partial charge in [-0.05, 0) is 18.2 Å². The summed E-state index contributed by atoms with van der Waals surface area (Å²) in [5.41, 5.74) is 6.84. The molecule has 1 rings (SSSR count). The fourth-order valence-electron chi connectivity index (χ4n) is 0.864. The lowest BCUT2D eigenvalue weighted by Gasteiger charge is -2.06. The standard InChI is InChI=1S/C8H10ClFN2/c9-6-1-2-7(11)8(5-6)12-4-3-10/h1-2,5,12H,3-4,11H2. The van der Waals surface area contributed by atoms with Gasteiger partial charge in [0.2, 0.25) is 0 Å². The van der Waals surface area contributed by atoms with Gasteiger partial charge in [-0.25, -0.2) is 4.39 Å². The first-order valence-corrected chi connectivity index (χ1v) is 3.96. The number of hydrogen-bond donors (Lipinski definition) is 2. The van der Waals surface area contributed by atoms with Gasteiger partial charge in [0, 0.05) is 11.6 Å². The summed E-state index contributed by atoms with van der Waals surface area (Å²) in [5.74, 6) is 0. The first-order chi connectivity index (χ1) is 5.74. The molecule has 0 unspecified atom stereocenters. The molecule has 0 aliphatic rings. The van der Waals surface area contributed by atoms with Gasteiger partial charge in [0.25, 0.3) is 0 Å². The number of hydrogen-bond acceptors (Lipinski definition) is 2. The van der Waals surface area contributed by atoms with Crippen molar-refractivity contribution in [2.24, 2.45) is 0 Å². The molecular weight excluding hydrogens is 179 g/mol. The van der Waals surface area contributed by atoms with E-state index in [4.69, 9.17) is 17.3 Å². The molecule has 2 nitrogen and oxygen atoms in total. The molecule has 0 heterocycles. The van der Waals surface area contributed by atoms with Gasteiger partial charge in [0.15, 0.2) is 0 Å². The van der Waals surface area contributed by atoms with Gasteiger partial charge in [-0.2, -0.15) is 0 Å². The summed E-state index contributed by atoms with van der Waals surface area (Å²) in [6.07, 6.45) is 0. The van der Waals surface area contributed by atoms with E-state index in [0.29, 0.717) is 16.4 Å². The molecular formula is C8H10ClFN2. The number of halogens is 2. The zero-order valence-corrected chi connectivity index (χ0v) is 7.24. The van der Waals surface area contributed by atoms with Gasteiger partial charge in [-0.3, -0.25) is 0 Å². The Bertz CT molecular complexity index is 265. The van der Waals surface area contributed by atoms with Gasteiger partial charge in [0.1, 0.15) is 6.67 Å². The van der Waals surface area contributed by atoms with Crippen LogP contribution in [0.2, 0.25) is 5.02 Å². The molecule has 0 fully saturated rings. The lowest BCUT2D eigenvalue weighted by atomic mass is 10.2. The predicted molar refractivity (Wildman–Crippen MR) is 50.3 cm³/mol. The van der Waals surface area contributed by atoms with Crippen LogP contribution in [-0.4, -0.2) is 13.2 Å². The highest BCUT2D eigenvalue weighted by Gasteiger charge is 1.97. The summed E-state index contributed by atoms with van der Waals surface area (Å²) in [7, 11) is 0. The first kappa shape index (κ1) is 9.13. The van der Waals surface area contributed by atoms with Gasteiger partial charge >= 0.3 is 0 Å². The molecule has 0 atom stereocenters. The van der Waals surface area contributed by atoms with Crippen LogP contribution in [0.3, 0.4) is 0 Å². The Kier molecular flexibility index (Phi) is 3.17. The number of anilines is 2. The number of rotatable bonds is 3. The molecule has 1 aromatic rings. The monoisotopic (exact) mass is 188 g/mol. The lowest BCUT2D eigenvalue weighted by Crippen LogP contribution is -2.05. The number of nitrogens with one attached hydrogen (secondary N) is 1. The van der Waals surface area contributed by atoms with E-state index in [2.05, 4.69) is 5.32 Å². The minimum Gasteiger partial charge on any atom is -0.397 e. The summed E-state index contributed by atoms with van der Waals surface area (Å²) in [5, 5.41) is 3.41. The van der Waals surface area contributed by atoms with E-state index in [1.54, 1.807) is 18.2 Å². The van der Waals surface area contributed by atoms with Crippen LogP contribution in [0.15, 0.2) is 18.2 Å². The van der Waals surface area contributed by atoms with Crippen molar-refractivity contribution >= 4 is 23.0 Å². The van der Waals surface area contributed by atoms with Crippen molar-refractivity contribution < 1.29 is 4.39 Å². The average Bonchev–Trinajstić information content (AvgIpc) is 2.07. The van der Waals surface area contributed by atoms with Crippen LogP contribution >= 0.6 is 11.6 Å². The van der Waals surface area contributed by atoms with Crippen LogP contribution < -0.4 is 11.1 Å². The summed E-state index contributed by atoms with van der Waals surface area (Å²) in [6.45, 7) is -0.170. The van der Waals surface area contributed by atoms with E-state index < -0.39 is 6.67 Å². The first-order valence-electron chi connectivity index (χ1n) is 3.59. The van der Waals surface area contributed by atoms with Crippen LogP contribution in [0.5, 0.6) is 0 Å². The molecule has 12 heavy (non-hydrogen) atoms. The highest BCUT2D eigenvalue weighted by atomic mass is 35.5. The Morgan fingerprint density at radius 3 is 2.92 bits per heavy atom. The topological polar surface area (TPSA) is 38.0 Å². The molecule has 0 amide bonds. The summed E-state index contributed by atoms with van der Waals surface area (Å²) in [6, 6.07) is 5.05. The highest BCUT2D eigenvalue weighted by Crippen LogP contribution is 2.22. The minimum atomic E-state index is -0.425. The predicted octanol–water partition coefficient (Wildman–Crippen LogP) is 2.30. The normalized spacial score (nSPS) is 9.83. The van der Waals surface area contributed by atoms with Crippen molar-refractivity contribution in [2.75, 3.05) is 24.3 Å². The summed E-state index contributed by atoms with van der Waals surface area (Å²) in [4.78, 5) is 0. The molecule has 0 aliphatic carbocycles. The maximum absolute atomic E-state index is 11.8. The van der Waals surface area contributed by atoms with Gasteiger partial charge < -0.3 is 11.1 Å². The molecule has 0 spiro atoms. The third kappa shape index (κ3) is 2.27. The quantitative estimate of drug-likeness (QED) is 0.715. The zero-order chi connectivity index (χ0) is 8.97. The third-order valence-electron chi connectivity index (χ3n) is 1.43. The van der Waals surface area contributed by atoms with Crippen molar-refractivity contribution in [2.45, 2.75) is 0 Å². The summed E-state index contributed by atoms with van der Waals surface area (Å²) < 4.78 is 11.8. The van der Waals surface area contributed by atoms with Crippen molar-refractivity contribution in [3.8, 4) is 0 Å². The number of alkyl halides is 1. The molecule has 0 saturated heterocycles. The van der Waals surface area contributed by atoms with Crippen LogP contribution in [0.1, 0.15) is 0 Å². The number of nitrogen functional groups attached to an aromatic ring is 1. The Labute approximate surface area is 75.5 Å². The largest absolute Gasteiger partial charge is 0.397 e. The van der Waals surface area contributed by atoms with E-state index in [1.165, 1.54) is 0 Å². The van der Waals surface area contributed by atoms with Crippen LogP contribution in [-0.2, 0) is 0 Å². The van der Waals surface area contributed by atoms with E-state index >= 15 is 0 Å². The Balaban J connectivity index is 2.75. The molecule has 0 saturated carbocycles. The van der Waals surface area contributed by atoms with Gasteiger partial charge in [0.05, 0.1) is 11.4 Å². The molecule has 1 aromatic carbocycles. The minimum absolute atomic E-state index is 0.255. The SMILES string of the molecule is Nc1ccc(Cl)cc1NCCF. The number of nitrogens with two attached hydrogens (primary N) is 1. The van der Waals surface area contributed by atoms with E-state index in [-0.39, 0.29) is 6.54 Å². The molecule has 0 aliphatic heterocycles. The van der Waals surface area contributed by atoms with Crippen LogP contribution in [0.25, 0.3) is 0 Å². The van der Waals surface area contributed by atoms with Crippen molar-refractivity contribution in [3.63, 3.8) is 0 Å². The van der Waals surface area contributed by atoms with Gasteiger partial charge in [-0.1, -0.05) is 11.6 Å². The van der Waals surface area contributed by atoms with Crippen LogP contribution in [0, 0.1) is 0 Å². The molecule has 3 N–H and O–H groups in total. The second-order valence-electron chi connectivity index (χ2n) is 2.35. The maximum Gasteiger partial charge on any atom is 0.107 e. The fourth-order valence-corrected chi connectivity index (χ4v) is 1.04. The lowest BCUT2D eigenvalue weighted by molar-refractivity contribution is 0.513. The Hall–Kier alpha value is -0.960. The van der Waals surface area contributed by atoms with Gasteiger partial charge in [-0.15, -0.1) is 0 Å².